The predicted octanol–water partition coefficient (Wildman–Crippen LogP) is 3.52. The number of carbonyl (C=O) groups is 3. The van der Waals surface area contributed by atoms with Gasteiger partial charge in [-0.15, -0.1) is 0 Å². The minimum atomic E-state index is -0.956. The molecule has 0 radical (unpaired) electrons. The molecular weight excluding hydrogens is 384 g/mol. The molecule has 1 N–H and O–H groups in total. The van der Waals surface area contributed by atoms with Crippen LogP contribution < -0.4 is 15.0 Å². The highest BCUT2D eigenvalue weighted by Crippen LogP contribution is 2.34. The van der Waals surface area contributed by atoms with Gasteiger partial charge in [-0.25, -0.2) is 4.79 Å². The molecule has 0 saturated carbocycles. The number of rotatable bonds is 6. The highest BCUT2D eigenvalue weighted by Gasteiger charge is 2.40. The van der Waals surface area contributed by atoms with Crippen molar-refractivity contribution in [2.45, 2.75) is 20.3 Å². The van der Waals surface area contributed by atoms with Gasteiger partial charge in [-0.2, -0.15) is 0 Å². The van der Waals surface area contributed by atoms with Crippen LogP contribution in [0.4, 0.5) is 11.4 Å². The fourth-order valence-corrected chi connectivity index (χ4v) is 3.50. The van der Waals surface area contributed by atoms with E-state index in [1.807, 2.05) is 18.2 Å². The summed E-state index contributed by atoms with van der Waals surface area (Å²) in [6.45, 7) is 3.52. The van der Waals surface area contributed by atoms with E-state index < -0.39 is 17.8 Å². The number of allylic oxidation sites excluding steroid dienone is 1. The topological polar surface area (TPSA) is 84.9 Å². The van der Waals surface area contributed by atoms with E-state index in [1.54, 1.807) is 50.2 Å². The number of ether oxygens (including phenoxy) is 2. The molecule has 1 heterocycles. The van der Waals surface area contributed by atoms with E-state index in [4.69, 9.17) is 9.47 Å². The molecule has 0 fully saturated rings. The summed E-state index contributed by atoms with van der Waals surface area (Å²) in [6.07, 6.45) is -0.143. The van der Waals surface area contributed by atoms with Crippen molar-refractivity contribution in [3.63, 3.8) is 0 Å². The quantitative estimate of drug-likeness (QED) is 0.739. The van der Waals surface area contributed by atoms with Crippen LogP contribution in [0.2, 0.25) is 0 Å². The fraction of sp³-hybridized carbons (Fsp3) is 0.261. The van der Waals surface area contributed by atoms with Gasteiger partial charge in [0.15, 0.2) is 0 Å². The van der Waals surface area contributed by atoms with Crippen molar-refractivity contribution in [1.29, 1.82) is 0 Å². The maximum atomic E-state index is 13.1. The zero-order valence-corrected chi connectivity index (χ0v) is 17.2. The molecule has 2 amide bonds. The minimum Gasteiger partial charge on any atom is -0.497 e. The highest BCUT2D eigenvalue weighted by molar-refractivity contribution is 6.10. The molecule has 0 spiro atoms. The minimum absolute atomic E-state index is 0.143. The molecule has 156 valence electrons. The fourth-order valence-electron chi connectivity index (χ4n) is 3.50. The highest BCUT2D eigenvalue weighted by atomic mass is 16.5. The molecule has 1 aliphatic rings. The number of methoxy groups -OCH3 is 1. The van der Waals surface area contributed by atoms with Gasteiger partial charge in [0.25, 0.3) is 0 Å². The molecule has 7 heteroatoms. The number of hydrogen-bond acceptors (Lipinski definition) is 5. The molecule has 30 heavy (non-hydrogen) atoms. The van der Waals surface area contributed by atoms with Crippen LogP contribution in [-0.4, -0.2) is 31.5 Å². The standard InChI is InChI=1S/C23H24N2O5/c1-4-30-23(28)21-15(2)25(17-10-6-5-7-11-17)20(26)14-19(21)22(27)24-16-9-8-12-18(13-16)29-3/h5-13,19H,4,14H2,1-3H3,(H,24,27)/t19-/m1/s1. The largest absolute Gasteiger partial charge is 0.497 e. The lowest BCUT2D eigenvalue weighted by molar-refractivity contribution is -0.141. The Bertz CT molecular complexity index is 984. The third-order valence-electron chi connectivity index (χ3n) is 4.87. The number of carbonyl (C=O) groups excluding carboxylic acids is 3. The van der Waals surface area contributed by atoms with Gasteiger partial charge in [0, 0.05) is 29.6 Å². The Morgan fingerprint density at radius 1 is 1.13 bits per heavy atom. The first-order chi connectivity index (χ1) is 14.5. The predicted molar refractivity (Wildman–Crippen MR) is 113 cm³/mol. The van der Waals surface area contributed by atoms with Crippen LogP contribution in [0, 0.1) is 5.92 Å². The monoisotopic (exact) mass is 408 g/mol. The molecule has 0 bridgehead atoms. The maximum Gasteiger partial charge on any atom is 0.336 e. The second-order valence-corrected chi connectivity index (χ2v) is 6.76. The molecule has 1 atom stereocenters. The zero-order chi connectivity index (χ0) is 21.7. The van der Waals surface area contributed by atoms with E-state index in [9.17, 15) is 14.4 Å². The van der Waals surface area contributed by atoms with Crippen molar-refractivity contribution in [2.75, 3.05) is 23.9 Å². The Morgan fingerprint density at radius 3 is 2.53 bits per heavy atom. The summed E-state index contributed by atoms with van der Waals surface area (Å²) < 4.78 is 10.4. The molecular formula is C23H24N2O5. The van der Waals surface area contributed by atoms with Crippen molar-refractivity contribution < 1.29 is 23.9 Å². The third kappa shape index (κ3) is 4.35. The van der Waals surface area contributed by atoms with Crippen molar-refractivity contribution in [1.82, 2.24) is 0 Å². The van der Waals surface area contributed by atoms with Gasteiger partial charge < -0.3 is 14.8 Å². The first-order valence-corrected chi connectivity index (χ1v) is 9.67. The lowest BCUT2D eigenvalue weighted by Gasteiger charge is -2.33. The maximum absolute atomic E-state index is 13.1. The number of para-hydroxylation sites is 1. The van der Waals surface area contributed by atoms with Gasteiger partial charge in [0.05, 0.1) is 25.2 Å². The summed E-state index contributed by atoms with van der Waals surface area (Å²) in [7, 11) is 1.53. The van der Waals surface area contributed by atoms with Crippen LogP contribution in [0.1, 0.15) is 20.3 Å². The number of nitrogens with zero attached hydrogens (tertiary/aromatic N) is 1. The molecule has 7 nitrogen and oxygen atoms in total. The molecule has 0 unspecified atom stereocenters. The van der Waals surface area contributed by atoms with Crippen LogP contribution in [0.3, 0.4) is 0 Å². The summed E-state index contributed by atoms with van der Waals surface area (Å²) in [5, 5.41) is 2.78. The number of esters is 1. The van der Waals surface area contributed by atoms with Gasteiger partial charge in [-0.3, -0.25) is 14.5 Å². The second kappa shape index (κ2) is 9.26. The Kier molecular flexibility index (Phi) is 6.51. The molecule has 0 aromatic heterocycles. The lowest BCUT2D eigenvalue weighted by atomic mass is 9.88. The average molecular weight is 408 g/mol. The van der Waals surface area contributed by atoms with Crippen LogP contribution in [0.5, 0.6) is 5.75 Å². The van der Waals surface area contributed by atoms with Crippen LogP contribution in [-0.2, 0) is 19.1 Å². The van der Waals surface area contributed by atoms with Gasteiger partial charge in [0.1, 0.15) is 5.75 Å². The number of anilines is 2. The number of hydrogen-bond donors (Lipinski definition) is 1. The SMILES string of the molecule is CCOC(=O)C1=C(C)N(c2ccccc2)C(=O)C[C@H]1C(=O)Nc1cccc(OC)c1. The molecule has 0 saturated heterocycles. The molecule has 2 aromatic rings. The van der Waals surface area contributed by atoms with Crippen LogP contribution in [0.15, 0.2) is 65.9 Å². The molecule has 3 rings (SSSR count). The summed E-state index contributed by atoms with van der Waals surface area (Å²) in [4.78, 5) is 40.2. The van der Waals surface area contributed by atoms with E-state index in [-0.39, 0.29) is 24.5 Å². The van der Waals surface area contributed by atoms with Gasteiger partial charge in [-0.05, 0) is 38.1 Å². The van der Waals surface area contributed by atoms with E-state index in [0.29, 0.717) is 22.8 Å². The van der Waals surface area contributed by atoms with Crippen molar-refractivity contribution in [3.05, 3.63) is 65.9 Å². The Labute approximate surface area is 175 Å². The van der Waals surface area contributed by atoms with Gasteiger partial charge in [0.2, 0.25) is 11.8 Å². The van der Waals surface area contributed by atoms with E-state index in [1.165, 1.54) is 12.0 Å². The van der Waals surface area contributed by atoms with Gasteiger partial charge in [-0.1, -0.05) is 24.3 Å². The van der Waals surface area contributed by atoms with Gasteiger partial charge >= 0.3 is 5.97 Å². The van der Waals surface area contributed by atoms with E-state index in [0.717, 1.165) is 0 Å². The summed E-state index contributed by atoms with van der Waals surface area (Å²) in [5.41, 5.74) is 1.72. The number of nitrogens with one attached hydrogen (secondary N) is 1. The lowest BCUT2D eigenvalue weighted by Crippen LogP contribution is -2.43. The van der Waals surface area contributed by atoms with Crippen LogP contribution in [0.25, 0.3) is 0 Å². The molecule has 2 aromatic carbocycles. The van der Waals surface area contributed by atoms with Crippen LogP contribution >= 0.6 is 0 Å². The number of amides is 2. The molecule has 0 aliphatic carbocycles. The average Bonchev–Trinajstić information content (AvgIpc) is 2.74. The second-order valence-electron chi connectivity index (χ2n) is 6.76. The first-order valence-electron chi connectivity index (χ1n) is 9.67. The Morgan fingerprint density at radius 2 is 1.87 bits per heavy atom. The van der Waals surface area contributed by atoms with E-state index >= 15 is 0 Å². The zero-order valence-electron chi connectivity index (χ0n) is 17.2. The number of benzene rings is 2. The van der Waals surface area contributed by atoms with Crippen molar-refractivity contribution >= 4 is 29.2 Å². The smallest absolute Gasteiger partial charge is 0.336 e. The summed E-state index contributed by atoms with van der Waals surface area (Å²) >= 11 is 0. The van der Waals surface area contributed by atoms with E-state index in [2.05, 4.69) is 5.32 Å². The van der Waals surface area contributed by atoms with Crippen molar-refractivity contribution in [2.24, 2.45) is 5.92 Å². The third-order valence-corrected chi connectivity index (χ3v) is 4.87. The summed E-state index contributed by atoms with van der Waals surface area (Å²) in [5.74, 6) is -1.69. The Hall–Kier alpha value is -3.61. The van der Waals surface area contributed by atoms with Crippen molar-refractivity contribution in [3.8, 4) is 5.75 Å². The summed E-state index contributed by atoms with van der Waals surface area (Å²) in [6, 6.07) is 15.9. The molecule has 1 aliphatic heterocycles. The Balaban J connectivity index is 1.98. The normalized spacial score (nSPS) is 16.3. The first kappa shape index (κ1) is 21.1.